The molecule has 0 bridgehead atoms. The lowest BCUT2D eigenvalue weighted by Gasteiger charge is -2.16. The molecular weight excluding hydrogens is 205 g/mol. The minimum atomic E-state index is -0.451. The maximum Gasteiger partial charge on any atom is 0.154 e. The predicted molar refractivity (Wildman–Crippen MR) is 62.5 cm³/mol. The molecule has 0 aliphatic carbocycles. The molecule has 2 unspecified atom stereocenters. The molecule has 2 N–H and O–H groups in total. The van der Waals surface area contributed by atoms with Gasteiger partial charge < -0.3 is 5.73 Å². The lowest BCUT2D eigenvalue weighted by Crippen LogP contribution is -2.37. The van der Waals surface area contributed by atoms with E-state index in [0.717, 1.165) is 6.42 Å². The van der Waals surface area contributed by atoms with E-state index >= 15 is 0 Å². The lowest BCUT2D eigenvalue weighted by molar-refractivity contribution is -0.120. The van der Waals surface area contributed by atoms with Gasteiger partial charge in [-0.1, -0.05) is 32.4 Å². The second-order valence-electron chi connectivity index (χ2n) is 4.18. The minimum absolute atomic E-state index is 0.0278. The molecule has 1 aromatic carbocycles. The smallest absolute Gasteiger partial charge is 0.154 e. The van der Waals surface area contributed by atoms with Crippen molar-refractivity contribution in [1.29, 1.82) is 0 Å². The van der Waals surface area contributed by atoms with Gasteiger partial charge in [-0.05, 0) is 23.6 Å². The summed E-state index contributed by atoms with van der Waals surface area (Å²) in [5, 5.41) is 0. The molecule has 0 aliphatic heterocycles. The van der Waals surface area contributed by atoms with Crippen molar-refractivity contribution in [1.82, 2.24) is 0 Å². The topological polar surface area (TPSA) is 43.1 Å². The molecule has 0 saturated heterocycles. The molecule has 0 amide bonds. The van der Waals surface area contributed by atoms with Gasteiger partial charge in [-0.15, -0.1) is 0 Å². The van der Waals surface area contributed by atoms with Crippen LogP contribution in [0.2, 0.25) is 0 Å². The highest BCUT2D eigenvalue weighted by molar-refractivity contribution is 5.86. The van der Waals surface area contributed by atoms with Crippen LogP contribution in [0.25, 0.3) is 0 Å². The number of carbonyl (C=O) groups excluding carboxylic acids is 1. The maximum atomic E-state index is 12.9. The zero-order valence-electron chi connectivity index (χ0n) is 9.74. The third-order valence-electron chi connectivity index (χ3n) is 2.90. The number of Topliss-reactive ketones (excluding diaryl/α,β-unsaturated/α-hetero) is 1. The zero-order chi connectivity index (χ0) is 12.1. The first-order chi connectivity index (χ1) is 7.54. The van der Waals surface area contributed by atoms with E-state index in [1.807, 2.05) is 13.8 Å². The van der Waals surface area contributed by atoms with E-state index in [1.165, 1.54) is 12.1 Å². The number of carbonyl (C=O) groups is 1. The summed E-state index contributed by atoms with van der Waals surface area (Å²) in [5.41, 5.74) is 6.50. The first kappa shape index (κ1) is 12.8. The van der Waals surface area contributed by atoms with Gasteiger partial charge >= 0.3 is 0 Å². The van der Waals surface area contributed by atoms with Gasteiger partial charge in [-0.2, -0.15) is 0 Å². The molecule has 0 fully saturated rings. The Morgan fingerprint density at radius 3 is 2.75 bits per heavy atom. The third kappa shape index (κ3) is 3.42. The monoisotopic (exact) mass is 223 g/mol. The van der Waals surface area contributed by atoms with E-state index < -0.39 is 6.04 Å². The summed E-state index contributed by atoms with van der Waals surface area (Å²) in [7, 11) is 0. The summed E-state index contributed by atoms with van der Waals surface area (Å²) in [6, 6.07) is 5.63. The largest absolute Gasteiger partial charge is 0.321 e. The van der Waals surface area contributed by atoms with E-state index in [1.54, 1.807) is 12.1 Å². The molecule has 3 heteroatoms. The number of rotatable bonds is 5. The van der Waals surface area contributed by atoms with Crippen LogP contribution >= 0.6 is 0 Å². The summed E-state index contributed by atoms with van der Waals surface area (Å²) >= 11 is 0. The average Bonchev–Trinajstić information content (AvgIpc) is 2.27. The van der Waals surface area contributed by atoms with Crippen molar-refractivity contribution in [3.8, 4) is 0 Å². The van der Waals surface area contributed by atoms with Crippen LogP contribution in [0, 0.1) is 11.7 Å². The van der Waals surface area contributed by atoms with Crippen molar-refractivity contribution in [3.05, 3.63) is 35.6 Å². The number of nitrogens with two attached hydrogens (primary N) is 1. The Balaban J connectivity index is 2.64. The second-order valence-corrected chi connectivity index (χ2v) is 4.18. The van der Waals surface area contributed by atoms with Crippen LogP contribution < -0.4 is 5.73 Å². The molecule has 0 aliphatic rings. The molecule has 1 rings (SSSR count). The van der Waals surface area contributed by atoms with Crippen LogP contribution in [0.15, 0.2) is 24.3 Å². The van der Waals surface area contributed by atoms with Crippen molar-refractivity contribution in [2.75, 3.05) is 0 Å². The van der Waals surface area contributed by atoms with E-state index in [2.05, 4.69) is 0 Å². The Morgan fingerprint density at radius 2 is 2.19 bits per heavy atom. The van der Waals surface area contributed by atoms with E-state index in [-0.39, 0.29) is 23.9 Å². The molecular formula is C13H18FNO. The molecule has 0 aromatic heterocycles. The standard InChI is InChI=1S/C13H18FNO/c1-3-9(2)13(15)12(16)8-10-5-4-6-11(14)7-10/h4-7,9,13H,3,8,15H2,1-2H3. The number of halogens is 1. The summed E-state index contributed by atoms with van der Waals surface area (Å²) in [6.07, 6.45) is 1.08. The molecule has 16 heavy (non-hydrogen) atoms. The fourth-order valence-corrected chi connectivity index (χ4v) is 1.54. The third-order valence-corrected chi connectivity index (χ3v) is 2.90. The molecule has 0 spiro atoms. The molecule has 88 valence electrons. The van der Waals surface area contributed by atoms with Crippen LogP contribution in [0.5, 0.6) is 0 Å². The van der Waals surface area contributed by atoms with E-state index in [0.29, 0.717) is 5.56 Å². The van der Waals surface area contributed by atoms with Crippen molar-refractivity contribution in [2.24, 2.45) is 11.7 Å². The molecule has 2 atom stereocenters. The second kappa shape index (κ2) is 5.75. The normalized spacial score (nSPS) is 14.5. The highest BCUT2D eigenvalue weighted by Gasteiger charge is 2.19. The average molecular weight is 223 g/mol. The predicted octanol–water partition coefficient (Wildman–Crippen LogP) is 2.31. The van der Waals surface area contributed by atoms with Crippen LogP contribution in [-0.2, 0) is 11.2 Å². The van der Waals surface area contributed by atoms with E-state index in [9.17, 15) is 9.18 Å². The quantitative estimate of drug-likeness (QED) is 0.832. The molecule has 1 aromatic rings. The summed E-state index contributed by atoms with van der Waals surface area (Å²) < 4.78 is 12.9. The highest BCUT2D eigenvalue weighted by Crippen LogP contribution is 2.10. The van der Waals surface area contributed by atoms with Gasteiger partial charge in [0.2, 0.25) is 0 Å². The first-order valence-corrected chi connectivity index (χ1v) is 5.57. The number of hydrogen-bond donors (Lipinski definition) is 1. The summed E-state index contributed by atoms with van der Waals surface area (Å²) in [4.78, 5) is 11.8. The Bertz CT molecular complexity index is 365. The lowest BCUT2D eigenvalue weighted by atomic mass is 9.93. The number of benzene rings is 1. The zero-order valence-corrected chi connectivity index (χ0v) is 9.74. The molecule has 2 nitrogen and oxygen atoms in total. The fourth-order valence-electron chi connectivity index (χ4n) is 1.54. The van der Waals surface area contributed by atoms with Crippen molar-refractivity contribution in [3.63, 3.8) is 0 Å². The van der Waals surface area contributed by atoms with Gasteiger partial charge in [0.1, 0.15) is 5.82 Å². The van der Waals surface area contributed by atoms with Crippen LogP contribution in [-0.4, -0.2) is 11.8 Å². The number of ketones is 1. The minimum Gasteiger partial charge on any atom is -0.321 e. The van der Waals surface area contributed by atoms with Crippen molar-refractivity contribution < 1.29 is 9.18 Å². The molecule has 0 heterocycles. The Kier molecular flexibility index (Phi) is 4.62. The van der Waals surface area contributed by atoms with Gasteiger partial charge in [-0.3, -0.25) is 4.79 Å². The fraction of sp³-hybridized carbons (Fsp3) is 0.462. The Hall–Kier alpha value is -1.22. The van der Waals surface area contributed by atoms with Gasteiger partial charge in [0.15, 0.2) is 5.78 Å². The highest BCUT2D eigenvalue weighted by atomic mass is 19.1. The van der Waals surface area contributed by atoms with Gasteiger partial charge in [-0.25, -0.2) is 4.39 Å². The Labute approximate surface area is 95.7 Å². The molecule has 0 saturated carbocycles. The van der Waals surface area contributed by atoms with Crippen LogP contribution in [0.3, 0.4) is 0 Å². The Morgan fingerprint density at radius 1 is 1.50 bits per heavy atom. The maximum absolute atomic E-state index is 12.9. The van der Waals surface area contributed by atoms with Gasteiger partial charge in [0.25, 0.3) is 0 Å². The van der Waals surface area contributed by atoms with Gasteiger partial charge in [0, 0.05) is 6.42 Å². The van der Waals surface area contributed by atoms with Crippen molar-refractivity contribution in [2.45, 2.75) is 32.7 Å². The number of hydrogen-bond acceptors (Lipinski definition) is 2. The SMILES string of the molecule is CCC(C)C(N)C(=O)Cc1cccc(F)c1. The van der Waals surface area contributed by atoms with Crippen LogP contribution in [0.1, 0.15) is 25.8 Å². The van der Waals surface area contributed by atoms with Crippen LogP contribution in [0.4, 0.5) is 4.39 Å². The first-order valence-electron chi connectivity index (χ1n) is 5.57. The van der Waals surface area contributed by atoms with E-state index in [4.69, 9.17) is 5.73 Å². The van der Waals surface area contributed by atoms with Gasteiger partial charge in [0.05, 0.1) is 6.04 Å². The summed E-state index contributed by atoms with van der Waals surface area (Å²) in [5.74, 6) is -0.177. The summed E-state index contributed by atoms with van der Waals surface area (Å²) in [6.45, 7) is 3.95. The van der Waals surface area contributed by atoms with Crippen molar-refractivity contribution >= 4 is 5.78 Å². The molecule has 0 radical (unpaired) electrons.